The highest BCUT2D eigenvalue weighted by molar-refractivity contribution is 7.89. The quantitative estimate of drug-likeness (QED) is 0.309. The van der Waals surface area contributed by atoms with E-state index in [0.717, 1.165) is 11.6 Å². The number of rotatable bonds is 6. The fourth-order valence-corrected chi connectivity index (χ4v) is 5.13. The monoisotopic (exact) mass is 473 g/mol. The van der Waals surface area contributed by atoms with E-state index in [-0.39, 0.29) is 60.1 Å². The second-order valence-corrected chi connectivity index (χ2v) is 9.81. The number of aromatic amines is 1. The minimum Gasteiger partial charge on any atom is -0.493 e. The Kier molecular flexibility index (Phi) is 6.15. The van der Waals surface area contributed by atoms with Gasteiger partial charge in [-0.3, -0.25) is 10.1 Å². The number of sulfonamides is 1. The molecule has 0 aliphatic carbocycles. The Morgan fingerprint density at radius 3 is 2.55 bits per heavy atom. The van der Waals surface area contributed by atoms with Crippen LogP contribution < -0.4 is 0 Å². The predicted octanol–water partition coefficient (Wildman–Crippen LogP) is 4.34. The summed E-state index contributed by atoms with van der Waals surface area (Å²) in [4.78, 5) is 13.1. The number of aromatic nitrogens is 1. The first-order valence-electron chi connectivity index (χ1n) is 10.3. The molecule has 0 radical (unpaired) electrons. The molecule has 0 unspecified atom stereocenters. The molecule has 0 amide bonds. The summed E-state index contributed by atoms with van der Waals surface area (Å²) in [5, 5.41) is 30.5. The lowest BCUT2D eigenvalue weighted by atomic mass is 10.0. The maximum atomic E-state index is 13.2. The Morgan fingerprint density at radius 1 is 1.15 bits per heavy atom. The third kappa shape index (κ3) is 4.45. The first kappa shape index (κ1) is 22.8. The van der Waals surface area contributed by atoms with Crippen LogP contribution in [-0.4, -0.2) is 54.0 Å². The molecule has 174 valence electrons. The number of hydrogen-bond acceptors (Lipinski definition) is 8. The van der Waals surface area contributed by atoms with Gasteiger partial charge in [0.2, 0.25) is 15.9 Å². The van der Waals surface area contributed by atoms with E-state index in [4.69, 9.17) is 4.74 Å². The first-order chi connectivity index (χ1) is 15.7. The van der Waals surface area contributed by atoms with Crippen LogP contribution in [0, 0.1) is 10.1 Å². The molecule has 1 aliphatic heterocycles. The van der Waals surface area contributed by atoms with Crippen LogP contribution in [0.5, 0.6) is 5.88 Å². The zero-order chi connectivity index (χ0) is 23.8. The van der Waals surface area contributed by atoms with Gasteiger partial charge in [0.1, 0.15) is 10.6 Å². The van der Waals surface area contributed by atoms with Gasteiger partial charge in [0, 0.05) is 30.6 Å². The number of aromatic hydroxyl groups is 1. The lowest BCUT2D eigenvalue weighted by Gasteiger charge is -2.26. The predicted molar refractivity (Wildman–Crippen MR) is 121 cm³/mol. The van der Waals surface area contributed by atoms with Gasteiger partial charge in [-0.05, 0) is 29.7 Å². The van der Waals surface area contributed by atoms with Gasteiger partial charge in [0.05, 0.1) is 23.7 Å². The number of azo groups is 1. The van der Waals surface area contributed by atoms with Crippen molar-refractivity contribution in [1.29, 1.82) is 0 Å². The van der Waals surface area contributed by atoms with E-state index in [9.17, 15) is 23.6 Å². The number of fused-ring (bicyclic) bond motifs is 1. The third-order valence-corrected chi connectivity index (χ3v) is 7.37. The number of non-ortho nitro benzene ring substituents is 1. The maximum absolute atomic E-state index is 13.2. The van der Waals surface area contributed by atoms with Crippen molar-refractivity contribution in [3.05, 3.63) is 52.1 Å². The SMILES string of the molecule is CC(C)c1ccc2[nH]c(O)c(N=Nc3ccc([N+](=O)[O-])cc3S(=O)(=O)N3CCOCC3)c2c1. The molecular formula is C21H23N5O6S. The van der Waals surface area contributed by atoms with Crippen LogP contribution in [0.2, 0.25) is 0 Å². The number of benzene rings is 2. The second kappa shape index (κ2) is 8.89. The topological polar surface area (TPSA) is 150 Å². The van der Waals surface area contributed by atoms with Crippen LogP contribution in [-0.2, 0) is 14.8 Å². The van der Waals surface area contributed by atoms with E-state index in [1.165, 1.54) is 16.4 Å². The van der Waals surface area contributed by atoms with Gasteiger partial charge >= 0.3 is 0 Å². The van der Waals surface area contributed by atoms with E-state index in [1.807, 2.05) is 32.0 Å². The summed E-state index contributed by atoms with van der Waals surface area (Å²) < 4.78 is 32.9. The lowest BCUT2D eigenvalue weighted by Crippen LogP contribution is -2.40. The maximum Gasteiger partial charge on any atom is 0.270 e. The molecule has 33 heavy (non-hydrogen) atoms. The largest absolute Gasteiger partial charge is 0.493 e. The second-order valence-electron chi connectivity index (χ2n) is 7.91. The third-order valence-electron chi connectivity index (χ3n) is 5.44. The van der Waals surface area contributed by atoms with E-state index < -0.39 is 14.9 Å². The molecule has 0 bridgehead atoms. The van der Waals surface area contributed by atoms with E-state index in [2.05, 4.69) is 15.2 Å². The zero-order valence-electron chi connectivity index (χ0n) is 18.1. The van der Waals surface area contributed by atoms with Crippen LogP contribution in [0.15, 0.2) is 51.5 Å². The average molecular weight is 474 g/mol. The highest BCUT2D eigenvalue weighted by Crippen LogP contribution is 2.39. The molecule has 2 aromatic carbocycles. The van der Waals surface area contributed by atoms with Gasteiger partial charge in [0.25, 0.3) is 5.69 Å². The number of nitro groups is 1. The summed E-state index contributed by atoms with van der Waals surface area (Å²) in [6.45, 7) is 4.79. The number of nitrogens with zero attached hydrogens (tertiary/aromatic N) is 4. The van der Waals surface area contributed by atoms with Gasteiger partial charge in [-0.1, -0.05) is 19.9 Å². The highest BCUT2D eigenvalue weighted by Gasteiger charge is 2.30. The van der Waals surface area contributed by atoms with Crippen molar-refractivity contribution in [2.24, 2.45) is 10.2 Å². The molecule has 0 saturated carbocycles. The standard InChI is InChI=1S/C21H23N5O6S/c1-13(2)14-3-5-17-16(11-14)20(21(27)22-17)24-23-18-6-4-15(26(28)29)12-19(18)33(30,31)25-7-9-32-10-8-25/h3-6,11-13,22,27H,7-10H2,1-2H3. The number of ether oxygens (including phenoxy) is 1. The molecule has 1 saturated heterocycles. The highest BCUT2D eigenvalue weighted by atomic mass is 32.2. The minimum atomic E-state index is -4.09. The van der Waals surface area contributed by atoms with Crippen LogP contribution in [0.25, 0.3) is 10.9 Å². The summed E-state index contributed by atoms with van der Waals surface area (Å²) in [6, 6.07) is 9.02. The Balaban J connectivity index is 1.81. The van der Waals surface area contributed by atoms with Crippen molar-refractivity contribution in [2.75, 3.05) is 26.3 Å². The number of nitro benzene ring substituents is 1. The van der Waals surface area contributed by atoms with Crippen molar-refractivity contribution < 1.29 is 23.2 Å². The molecule has 1 fully saturated rings. The molecule has 2 heterocycles. The van der Waals surface area contributed by atoms with Crippen LogP contribution >= 0.6 is 0 Å². The Morgan fingerprint density at radius 2 is 1.88 bits per heavy atom. The number of nitrogens with one attached hydrogen (secondary N) is 1. The fraction of sp³-hybridized carbons (Fsp3) is 0.333. The molecule has 11 nitrogen and oxygen atoms in total. The molecule has 1 aromatic heterocycles. The van der Waals surface area contributed by atoms with Crippen molar-refractivity contribution in [1.82, 2.24) is 9.29 Å². The summed E-state index contributed by atoms with van der Waals surface area (Å²) >= 11 is 0. The molecule has 12 heteroatoms. The average Bonchev–Trinajstić information content (AvgIpc) is 3.12. The fourth-order valence-electron chi connectivity index (χ4n) is 3.58. The molecule has 2 N–H and O–H groups in total. The molecule has 1 aliphatic rings. The van der Waals surface area contributed by atoms with Crippen LogP contribution in [0.3, 0.4) is 0 Å². The van der Waals surface area contributed by atoms with E-state index in [0.29, 0.717) is 10.9 Å². The summed E-state index contributed by atoms with van der Waals surface area (Å²) in [6.07, 6.45) is 0. The molecule has 0 spiro atoms. The smallest absolute Gasteiger partial charge is 0.270 e. The summed E-state index contributed by atoms with van der Waals surface area (Å²) in [7, 11) is -4.09. The van der Waals surface area contributed by atoms with Crippen molar-refractivity contribution >= 4 is 38.0 Å². The summed E-state index contributed by atoms with van der Waals surface area (Å²) in [5.74, 6) is 0.0327. The Labute approximate surface area is 189 Å². The molecule has 0 atom stereocenters. The van der Waals surface area contributed by atoms with Gasteiger partial charge in [-0.15, -0.1) is 10.2 Å². The normalized spacial score (nSPS) is 15.6. The summed E-state index contributed by atoms with van der Waals surface area (Å²) in [5.41, 5.74) is 1.39. The molecular weight excluding hydrogens is 450 g/mol. The van der Waals surface area contributed by atoms with E-state index in [1.54, 1.807) is 0 Å². The Hall–Kier alpha value is -3.35. The molecule has 4 rings (SSSR count). The number of morpholine rings is 1. The van der Waals surface area contributed by atoms with Crippen molar-refractivity contribution in [2.45, 2.75) is 24.7 Å². The van der Waals surface area contributed by atoms with Crippen molar-refractivity contribution in [3.63, 3.8) is 0 Å². The molecule has 3 aromatic rings. The van der Waals surface area contributed by atoms with Gasteiger partial charge < -0.3 is 14.8 Å². The van der Waals surface area contributed by atoms with Crippen LogP contribution in [0.4, 0.5) is 17.1 Å². The number of H-pyrrole nitrogens is 1. The minimum absolute atomic E-state index is 0.0687. The van der Waals surface area contributed by atoms with Gasteiger partial charge in [0.15, 0.2) is 5.69 Å². The zero-order valence-corrected chi connectivity index (χ0v) is 18.9. The lowest BCUT2D eigenvalue weighted by molar-refractivity contribution is -0.385. The van der Waals surface area contributed by atoms with Gasteiger partial charge in [-0.2, -0.15) is 4.31 Å². The van der Waals surface area contributed by atoms with Gasteiger partial charge in [-0.25, -0.2) is 8.42 Å². The van der Waals surface area contributed by atoms with E-state index >= 15 is 0 Å². The van der Waals surface area contributed by atoms with Crippen molar-refractivity contribution in [3.8, 4) is 5.88 Å². The first-order valence-corrected chi connectivity index (χ1v) is 11.7. The number of hydrogen-bond donors (Lipinski definition) is 2. The Bertz CT molecular complexity index is 1340. The van der Waals surface area contributed by atoms with Crippen LogP contribution in [0.1, 0.15) is 25.3 Å².